The van der Waals surface area contributed by atoms with E-state index >= 15 is 0 Å². The molecular formula is C13H15N3OS. The summed E-state index contributed by atoms with van der Waals surface area (Å²) in [5.41, 5.74) is 2.46. The van der Waals surface area contributed by atoms with Crippen LogP contribution >= 0.6 is 12.2 Å². The molecule has 94 valence electrons. The van der Waals surface area contributed by atoms with Crippen LogP contribution in [0.2, 0.25) is 0 Å². The fourth-order valence-electron chi connectivity index (χ4n) is 2.33. The van der Waals surface area contributed by atoms with Crippen LogP contribution in [0.3, 0.4) is 0 Å². The highest BCUT2D eigenvalue weighted by molar-refractivity contribution is 7.71. The molecule has 0 radical (unpaired) electrons. The van der Waals surface area contributed by atoms with Gasteiger partial charge >= 0.3 is 0 Å². The van der Waals surface area contributed by atoms with Gasteiger partial charge in [-0.05, 0) is 31.3 Å². The third-order valence-electron chi connectivity index (χ3n) is 3.23. The Balaban J connectivity index is 1.75. The summed E-state index contributed by atoms with van der Waals surface area (Å²) in [7, 11) is 0. The van der Waals surface area contributed by atoms with Crippen molar-refractivity contribution < 1.29 is 4.42 Å². The van der Waals surface area contributed by atoms with E-state index in [-0.39, 0.29) is 0 Å². The summed E-state index contributed by atoms with van der Waals surface area (Å²) in [6, 6.07) is 4.05. The molecular weight excluding hydrogens is 246 g/mol. The molecule has 2 aromatic rings. The fourth-order valence-corrected chi connectivity index (χ4v) is 2.51. The van der Waals surface area contributed by atoms with Gasteiger partial charge in [0.25, 0.3) is 0 Å². The molecule has 18 heavy (non-hydrogen) atoms. The molecule has 1 aliphatic rings. The van der Waals surface area contributed by atoms with Crippen molar-refractivity contribution in [3.05, 3.63) is 45.9 Å². The van der Waals surface area contributed by atoms with Crippen LogP contribution in [0.4, 0.5) is 0 Å². The number of rotatable bonds is 2. The van der Waals surface area contributed by atoms with Crippen molar-refractivity contribution in [1.29, 1.82) is 0 Å². The lowest BCUT2D eigenvalue weighted by atomic mass is 10.1. The van der Waals surface area contributed by atoms with E-state index in [2.05, 4.69) is 14.9 Å². The predicted octanol–water partition coefficient (Wildman–Crippen LogP) is 2.60. The topological polar surface area (TPSA) is 45.1 Å². The van der Waals surface area contributed by atoms with Gasteiger partial charge in [-0.25, -0.2) is 4.98 Å². The van der Waals surface area contributed by atoms with Gasteiger partial charge < -0.3 is 9.40 Å². The third-order valence-corrected chi connectivity index (χ3v) is 3.44. The lowest BCUT2D eigenvalue weighted by Gasteiger charge is -2.27. The van der Waals surface area contributed by atoms with Crippen LogP contribution in [-0.4, -0.2) is 21.4 Å². The molecule has 0 saturated carbocycles. The number of furan rings is 1. The summed E-state index contributed by atoms with van der Waals surface area (Å²) in [6.45, 7) is 4.73. The normalized spacial score (nSPS) is 15.6. The number of aryl methyl sites for hydroxylation is 1. The monoisotopic (exact) mass is 261 g/mol. The summed E-state index contributed by atoms with van der Waals surface area (Å²) < 4.78 is 6.18. The molecule has 0 bridgehead atoms. The zero-order chi connectivity index (χ0) is 12.5. The summed E-state index contributed by atoms with van der Waals surface area (Å²) in [5, 5.41) is 0. The Hall–Kier alpha value is -1.46. The maximum atomic E-state index is 5.61. The predicted molar refractivity (Wildman–Crippen MR) is 70.7 cm³/mol. The van der Waals surface area contributed by atoms with Gasteiger partial charge in [0.05, 0.1) is 6.54 Å². The van der Waals surface area contributed by atoms with Crippen molar-refractivity contribution >= 4 is 12.2 Å². The molecule has 0 spiro atoms. The largest absolute Gasteiger partial charge is 0.465 e. The molecule has 0 fully saturated rings. The van der Waals surface area contributed by atoms with Crippen LogP contribution < -0.4 is 0 Å². The van der Waals surface area contributed by atoms with E-state index < -0.39 is 0 Å². The van der Waals surface area contributed by atoms with Crippen molar-refractivity contribution in [3.63, 3.8) is 0 Å². The van der Waals surface area contributed by atoms with Gasteiger partial charge in [-0.3, -0.25) is 4.90 Å². The minimum atomic E-state index is 0.573. The van der Waals surface area contributed by atoms with Gasteiger partial charge in [0.2, 0.25) is 0 Å². The number of aromatic nitrogens is 2. The molecule has 0 aromatic carbocycles. The molecule has 5 heteroatoms. The van der Waals surface area contributed by atoms with Gasteiger partial charge in [-0.2, -0.15) is 0 Å². The average molecular weight is 261 g/mol. The SMILES string of the molecule is Cc1ccc(CN2CCc3[nH]c(=S)ncc3C2)o1. The van der Waals surface area contributed by atoms with E-state index in [1.807, 2.05) is 25.3 Å². The summed E-state index contributed by atoms with van der Waals surface area (Å²) in [6.07, 6.45) is 2.87. The van der Waals surface area contributed by atoms with Gasteiger partial charge in [0, 0.05) is 37.0 Å². The molecule has 2 aromatic heterocycles. The lowest BCUT2D eigenvalue weighted by molar-refractivity contribution is 0.222. The van der Waals surface area contributed by atoms with Crippen molar-refractivity contribution in [1.82, 2.24) is 14.9 Å². The molecule has 1 N–H and O–H groups in total. The number of H-pyrrole nitrogens is 1. The van der Waals surface area contributed by atoms with Crippen molar-refractivity contribution in [2.24, 2.45) is 0 Å². The highest BCUT2D eigenvalue weighted by Gasteiger charge is 2.17. The van der Waals surface area contributed by atoms with E-state index in [0.29, 0.717) is 4.77 Å². The second-order valence-corrected chi connectivity index (χ2v) is 5.05. The maximum Gasteiger partial charge on any atom is 0.196 e. The summed E-state index contributed by atoms with van der Waals surface area (Å²) >= 11 is 5.04. The van der Waals surface area contributed by atoms with E-state index in [1.165, 1.54) is 11.3 Å². The molecule has 3 rings (SSSR count). The molecule has 3 heterocycles. The van der Waals surface area contributed by atoms with Crippen LogP contribution in [0.1, 0.15) is 22.8 Å². The smallest absolute Gasteiger partial charge is 0.196 e. The minimum Gasteiger partial charge on any atom is -0.465 e. The molecule has 0 unspecified atom stereocenters. The molecule has 0 amide bonds. The van der Waals surface area contributed by atoms with Gasteiger partial charge in [0.1, 0.15) is 11.5 Å². The Kier molecular flexibility index (Phi) is 3.01. The Labute approximate surface area is 111 Å². The van der Waals surface area contributed by atoms with Gasteiger partial charge in [-0.1, -0.05) is 0 Å². The summed E-state index contributed by atoms with van der Waals surface area (Å²) in [5.74, 6) is 1.99. The first-order chi connectivity index (χ1) is 8.70. The van der Waals surface area contributed by atoms with E-state index in [9.17, 15) is 0 Å². The van der Waals surface area contributed by atoms with E-state index in [1.54, 1.807) is 0 Å². The van der Waals surface area contributed by atoms with Crippen molar-refractivity contribution in [3.8, 4) is 0 Å². The quantitative estimate of drug-likeness (QED) is 0.844. The van der Waals surface area contributed by atoms with Crippen LogP contribution in [0, 0.1) is 11.7 Å². The van der Waals surface area contributed by atoms with E-state index in [0.717, 1.165) is 37.6 Å². The maximum absolute atomic E-state index is 5.61. The zero-order valence-corrected chi connectivity index (χ0v) is 11.1. The molecule has 0 atom stereocenters. The first-order valence-corrected chi connectivity index (χ1v) is 6.46. The van der Waals surface area contributed by atoms with Gasteiger partial charge in [0.15, 0.2) is 4.77 Å². The average Bonchev–Trinajstić information content (AvgIpc) is 2.75. The Morgan fingerprint density at radius 2 is 2.39 bits per heavy atom. The summed E-state index contributed by atoms with van der Waals surface area (Å²) in [4.78, 5) is 9.68. The lowest BCUT2D eigenvalue weighted by Crippen LogP contribution is -2.30. The second kappa shape index (κ2) is 4.66. The van der Waals surface area contributed by atoms with Crippen LogP contribution in [0.5, 0.6) is 0 Å². The van der Waals surface area contributed by atoms with Crippen LogP contribution in [0.15, 0.2) is 22.7 Å². The van der Waals surface area contributed by atoms with Crippen molar-refractivity contribution in [2.75, 3.05) is 6.54 Å². The molecule has 4 nitrogen and oxygen atoms in total. The number of nitrogens with one attached hydrogen (secondary N) is 1. The zero-order valence-electron chi connectivity index (χ0n) is 10.3. The van der Waals surface area contributed by atoms with Crippen molar-refractivity contribution in [2.45, 2.75) is 26.4 Å². The standard InChI is InChI=1S/C13H15N3OS/c1-9-2-3-11(17-9)8-16-5-4-12-10(7-16)6-14-13(18)15-12/h2-3,6H,4-5,7-8H2,1H3,(H,14,15,18). The van der Waals surface area contributed by atoms with Gasteiger partial charge in [-0.15, -0.1) is 0 Å². The minimum absolute atomic E-state index is 0.573. The second-order valence-electron chi connectivity index (χ2n) is 4.67. The van der Waals surface area contributed by atoms with Crippen LogP contribution in [-0.2, 0) is 19.5 Å². The Morgan fingerprint density at radius 3 is 3.17 bits per heavy atom. The fraction of sp³-hybridized carbons (Fsp3) is 0.385. The number of nitrogens with zero attached hydrogens (tertiary/aromatic N) is 2. The highest BCUT2D eigenvalue weighted by Crippen LogP contribution is 2.18. The number of hydrogen-bond donors (Lipinski definition) is 1. The highest BCUT2D eigenvalue weighted by atomic mass is 32.1. The Bertz CT molecular complexity index is 617. The molecule has 0 saturated heterocycles. The van der Waals surface area contributed by atoms with E-state index in [4.69, 9.17) is 16.6 Å². The first kappa shape index (κ1) is 11.6. The molecule has 0 aliphatic carbocycles. The van der Waals surface area contributed by atoms with Crippen LogP contribution in [0.25, 0.3) is 0 Å². The Morgan fingerprint density at radius 1 is 1.50 bits per heavy atom. The number of aromatic amines is 1. The first-order valence-electron chi connectivity index (χ1n) is 6.05. The molecule has 1 aliphatic heterocycles. The third kappa shape index (κ3) is 2.37. The number of hydrogen-bond acceptors (Lipinski definition) is 4. The number of fused-ring (bicyclic) bond motifs is 1.